The highest BCUT2D eigenvalue weighted by Gasteiger charge is 2.51. The van der Waals surface area contributed by atoms with Crippen LogP contribution in [0.3, 0.4) is 0 Å². The van der Waals surface area contributed by atoms with E-state index in [2.05, 4.69) is 19.1 Å². The quantitative estimate of drug-likeness (QED) is 0.445. The van der Waals surface area contributed by atoms with Crippen LogP contribution in [0.25, 0.3) is 0 Å². The van der Waals surface area contributed by atoms with Crippen LogP contribution in [-0.2, 0) is 0 Å². The highest BCUT2D eigenvalue weighted by Crippen LogP contribution is 2.59. The third-order valence-corrected chi connectivity index (χ3v) is 5.31. The molecule has 2 nitrogen and oxygen atoms in total. The molecule has 0 aromatic heterocycles. The zero-order valence-corrected chi connectivity index (χ0v) is 7.85. The Bertz CT molecular complexity index is 202. The van der Waals surface area contributed by atoms with Gasteiger partial charge in [0.2, 0.25) is 0 Å². The van der Waals surface area contributed by atoms with Crippen LogP contribution in [0.2, 0.25) is 5.04 Å². The van der Waals surface area contributed by atoms with Gasteiger partial charge in [-0.3, -0.25) is 0 Å². The van der Waals surface area contributed by atoms with Crippen LogP contribution in [-0.4, -0.2) is 18.9 Å². The molecule has 3 atom stereocenters. The Labute approximate surface area is 68.4 Å². The summed E-state index contributed by atoms with van der Waals surface area (Å²) in [5.41, 5.74) is 0. The number of hydrogen-bond acceptors (Lipinski definition) is 2. The molecule has 2 aliphatic carbocycles. The van der Waals surface area contributed by atoms with Gasteiger partial charge in [-0.05, 0) is 24.7 Å². The Morgan fingerprint density at radius 2 is 2.27 bits per heavy atom. The molecule has 1 fully saturated rings. The summed E-state index contributed by atoms with van der Waals surface area (Å²) < 4.78 is 0. The second-order valence-electron chi connectivity index (χ2n) is 3.95. The van der Waals surface area contributed by atoms with E-state index < -0.39 is 9.28 Å². The van der Waals surface area contributed by atoms with Gasteiger partial charge in [0, 0.05) is 5.04 Å². The van der Waals surface area contributed by atoms with Gasteiger partial charge in [-0.25, -0.2) is 0 Å². The molecule has 0 heterocycles. The number of fused-ring (bicyclic) bond motifs is 2. The lowest BCUT2D eigenvalue weighted by Gasteiger charge is -2.29. The Morgan fingerprint density at radius 3 is 2.55 bits per heavy atom. The van der Waals surface area contributed by atoms with E-state index in [1.165, 1.54) is 0 Å². The fourth-order valence-electron chi connectivity index (χ4n) is 2.55. The van der Waals surface area contributed by atoms with Crippen molar-refractivity contribution >= 4 is 9.28 Å². The lowest BCUT2D eigenvalue weighted by molar-refractivity contribution is 0.331. The monoisotopic (exact) mass is 170 g/mol. The molecule has 0 aromatic carbocycles. The maximum absolute atomic E-state index is 9.34. The van der Waals surface area contributed by atoms with Gasteiger partial charge in [0.15, 0.2) is 0 Å². The van der Waals surface area contributed by atoms with Crippen LogP contribution in [0.15, 0.2) is 12.2 Å². The molecule has 2 bridgehead atoms. The van der Waals surface area contributed by atoms with Crippen LogP contribution < -0.4 is 0 Å². The van der Waals surface area contributed by atoms with Crippen LogP contribution in [0.5, 0.6) is 0 Å². The van der Waals surface area contributed by atoms with Crippen molar-refractivity contribution in [1.29, 1.82) is 0 Å². The summed E-state index contributed by atoms with van der Waals surface area (Å²) in [6.45, 7) is 2.13. The molecule has 3 unspecified atom stereocenters. The lowest BCUT2D eigenvalue weighted by atomic mass is 9.95. The van der Waals surface area contributed by atoms with Crippen molar-refractivity contribution < 1.29 is 9.59 Å². The summed E-state index contributed by atoms with van der Waals surface area (Å²) >= 11 is 0. The highest BCUT2D eigenvalue weighted by atomic mass is 28.3. The Morgan fingerprint density at radius 1 is 1.55 bits per heavy atom. The summed E-state index contributed by atoms with van der Waals surface area (Å²) in [4.78, 5) is 18.7. The molecule has 0 spiro atoms. The van der Waals surface area contributed by atoms with Crippen molar-refractivity contribution in [2.24, 2.45) is 11.8 Å². The summed E-state index contributed by atoms with van der Waals surface area (Å²) in [5.74, 6) is 1.13. The first-order chi connectivity index (χ1) is 5.15. The Balaban J connectivity index is 2.30. The third kappa shape index (κ3) is 0.848. The van der Waals surface area contributed by atoms with Gasteiger partial charge < -0.3 is 9.59 Å². The molecule has 0 saturated heterocycles. The van der Waals surface area contributed by atoms with Crippen molar-refractivity contribution in [3.05, 3.63) is 12.2 Å². The fourth-order valence-corrected chi connectivity index (χ4v) is 3.99. The van der Waals surface area contributed by atoms with Crippen molar-refractivity contribution in [2.75, 3.05) is 0 Å². The Hall–Kier alpha value is -0.123. The molecule has 2 N–H and O–H groups in total. The largest absolute Gasteiger partial charge is 0.412 e. The first kappa shape index (κ1) is 7.52. The molecule has 0 radical (unpaired) electrons. The smallest absolute Gasteiger partial charge is 0.326 e. The van der Waals surface area contributed by atoms with Crippen LogP contribution >= 0.6 is 0 Å². The van der Waals surface area contributed by atoms with Gasteiger partial charge in [-0.1, -0.05) is 19.1 Å². The van der Waals surface area contributed by atoms with Crippen molar-refractivity contribution in [3.8, 4) is 0 Å². The minimum absolute atomic E-state index is 0.162. The maximum atomic E-state index is 9.34. The van der Waals surface area contributed by atoms with E-state index in [4.69, 9.17) is 0 Å². The SMILES string of the molecule is CC1CC2C=CC1([SiH](O)O)C2. The minimum atomic E-state index is -2.46. The van der Waals surface area contributed by atoms with E-state index in [1.54, 1.807) is 0 Å². The normalized spacial score (nSPS) is 47.6. The molecular weight excluding hydrogens is 156 g/mol. The van der Waals surface area contributed by atoms with Crippen LogP contribution in [0.1, 0.15) is 19.8 Å². The van der Waals surface area contributed by atoms with E-state index >= 15 is 0 Å². The molecule has 0 amide bonds. The first-order valence-electron chi connectivity index (χ1n) is 4.20. The predicted molar refractivity (Wildman–Crippen MR) is 45.3 cm³/mol. The van der Waals surface area contributed by atoms with E-state index in [1.807, 2.05) is 0 Å². The molecule has 1 saturated carbocycles. The summed E-state index contributed by atoms with van der Waals surface area (Å²) in [6, 6.07) is 0. The maximum Gasteiger partial charge on any atom is 0.326 e. The predicted octanol–water partition coefficient (Wildman–Crippen LogP) is 0.548. The Kier molecular flexibility index (Phi) is 1.49. The van der Waals surface area contributed by atoms with E-state index in [9.17, 15) is 9.59 Å². The van der Waals surface area contributed by atoms with Crippen LogP contribution in [0, 0.1) is 11.8 Å². The van der Waals surface area contributed by atoms with E-state index in [-0.39, 0.29) is 5.04 Å². The van der Waals surface area contributed by atoms with Gasteiger partial charge in [-0.2, -0.15) is 0 Å². The van der Waals surface area contributed by atoms with Gasteiger partial charge in [0.05, 0.1) is 0 Å². The fraction of sp³-hybridized carbons (Fsp3) is 0.750. The molecule has 11 heavy (non-hydrogen) atoms. The van der Waals surface area contributed by atoms with E-state index in [0.717, 1.165) is 12.8 Å². The van der Waals surface area contributed by atoms with Gasteiger partial charge in [0.25, 0.3) is 0 Å². The highest BCUT2D eigenvalue weighted by molar-refractivity contribution is 6.46. The number of allylic oxidation sites excluding steroid dienone is 2. The van der Waals surface area contributed by atoms with Gasteiger partial charge in [0.1, 0.15) is 0 Å². The van der Waals surface area contributed by atoms with Gasteiger partial charge >= 0.3 is 9.28 Å². The standard InChI is InChI=1S/C8H14O2Si/c1-6-4-7-2-3-8(6,5-7)11(9)10/h2-3,6-7,9-11H,4-5H2,1H3. The molecule has 0 aromatic rings. The number of rotatable bonds is 1. The first-order valence-corrected chi connectivity index (χ1v) is 5.81. The zero-order valence-electron chi connectivity index (χ0n) is 6.70. The summed E-state index contributed by atoms with van der Waals surface area (Å²) in [7, 11) is -2.46. The second-order valence-corrected chi connectivity index (χ2v) is 5.77. The molecule has 62 valence electrons. The lowest BCUT2D eigenvalue weighted by Crippen LogP contribution is -2.32. The molecule has 0 aliphatic heterocycles. The molecular formula is C8H14O2Si. The third-order valence-electron chi connectivity index (χ3n) is 3.35. The average Bonchev–Trinajstić information content (AvgIpc) is 2.43. The number of hydrogen-bond donors (Lipinski definition) is 2. The van der Waals surface area contributed by atoms with Crippen LogP contribution in [0.4, 0.5) is 0 Å². The average molecular weight is 170 g/mol. The van der Waals surface area contributed by atoms with Crippen molar-refractivity contribution in [1.82, 2.24) is 0 Å². The second kappa shape index (κ2) is 2.18. The van der Waals surface area contributed by atoms with Gasteiger partial charge in [-0.15, -0.1) is 0 Å². The van der Waals surface area contributed by atoms with Crippen molar-refractivity contribution in [2.45, 2.75) is 24.8 Å². The molecule has 3 heteroatoms. The molecule has 2 rings (SSSR count). The van der Waals surface area contributed by atoms with E-state index in [0.29, 0.717) is 11.8 Å². The summed E-state index contributed by atoms with van der Waals surface area (Å²) in [6.07, 6.45) is 6.37. The molecule has 2 aliphatic rings. The summed E-state index contributed by atoms with van der Waals surface area (Å²) in [5, 5.41) is -0.162. The topological polar surface area (TPSA) is 40.5 Å². The minimum Gasteiger partial charge on any atom is -0.412 e. The van der Waals surface area contributed by atoms with Crippen molar-refractivity contribution in [3.63, 3.8) is 0 Å². The zero-order chi connectivity index (χ0) is 8.06.